The van der Waals surface area contributed by atoms with Crippen molar-refractivity contribution in [3.05, 3.63) is 23.7 Å². The number of urea groups is 1. The lowest BCUT2D eigenvalue weighted by atomic mass is 10.3. The second kappa shape index (κ2) is 5.63. The number of aliphatic hydroxyl groups excluding tert-OH is 1. The minimum atomic E-state index is -1.33. The van der Waals surface area contributed by atoms with Crippen LogP contribution in [0.5, 0.6) is 0 Å². The summed E-state index contributed by atoms with van der Waals surface area (Å²) in [6, 6.07) is 3.14. The van der Waals surface area contributed by atoms with E-state index in [4.69, 9.17) is 10.2 Å². The highest BCUT2D eigenvalue weighted by Gasteiger charge is 2.18. The van der Waals surface area contributed by atoms with Gasteiger partial charge in [-0.05, 0) is 18.2 Å². The number of carboxylic acid groups (broad SMARTS) is 1. The fourth-order valence-corrected chi connectivity index (χ4v) is 2.16. The molecular formula is C11H11N3O4S. The molecule has 1 atom stereocenters. The van der Waals surface area contributed by atoms with Gasteiger partial charge in [-0.2, -0.15) is 0 Å². The Kier molecular flexibility index (Phi) is 3.93. The van der Waals surface area contributed by atoms with Gasteiger partial charge in [0.15, 0.2) is 6.04 Å². The predicted octanol–water partition coefficient (Wildman–Crippen LogP) is 0.863. The van der Waals surface area contributed by atoms with Crippen LogP contribution in [0.15, 0.2) is 23.7 Å². The molecule has 7 nitrogen and oxygen atoms in total. The minimum Gasteiger partial charge on any atom is -0.480 e. The average Bonchev–Trinajstić information content (AvgIpc) is 2.82. The van der Waals surface area contributed by atoms with Crippen molar-refractivity contribution in [3.8, 4) is 0 Å². The number of rotatable bonds is 4. The number of nitrogens with zero attached hydrogens (tertiary/aromatic N) is 1. The molecule has 0 saturated heterocycles. The zero-order chi connectivity index (χ0) is 13.8. The van der Waals surface area contributed by atoms with Crippen molar-refractivity contribution in [2.45, 2.75) is 6.04 Å². The third-order valence-corrected chi connectivity index (χ3v) is 3.17. The monoisotopic (exact) mass is 281 g/mol. The Morgan fingerprint density at radius 3 is 2.89 bits per heavy atom. The Balaban J connectivity index is 2.03. The molecule has 2 rings (SSSR count). The van der Waals surface area contributed by atoms with Crippen molar-refractivity contribution < 1.29 is 19.8 Å². The second-order valence-corrected chi connectivity index (χ2v) is 4.59. The first-order valence-corrected chi connectivity index (χ1v) is 6.22. The van der Waals surface area contributed by atoms with Crippen LogP contribution in [-0.4, -0.2) is 39.8 Å². The van der Waals surface area contributed by atoms with Crippen molar-refractivity contribution in [3.63, 3.8) is 0 Å². The van der Waals surface area contributed by atoms with Crippen LogP contribution >= 0.6 is 11.3 Å². The number of amides is 2. The van der Waals surface area contributed by atoms with Crippen molar-refractivity contribution in [2.24, 2.45) is 0 Å². The van der Waals surface area contributed by atoms with Crippen molar-refractivity contribution >= 4 is 39.2 Å². The third-order valence-electron chi connectivity index (χ3n) is 2.38. The average molecular weight is 281 g/mol. The van der Waals surface area contributed by atoms with Crippen LogP contribution < -0.4 is 10.6 Å². The van der Waals surface area contributed by atoms with Gasteiger partial charge >= 0.3 is 12.0 Å². The van der Waals surface area contributed by atoms with Gasteiger partial charge < -0.3 is 20.8 Å². The van der Waals surface area contributed by atoms with Crippen molar-refractivity contribution in [2.75, 3.05) is 11.9 Å². The number of anilines is 1. The van der Waals surface area contributed by atoms with Crippen LogP contribution in [0, 0.1) is 0 Å². The topological polar surface area (TPSA) is 112 Å². The summed E-state index contributed by atoms with van der Waals surface area (Å²) in [5.74, 6) is -1.30. The van der Waals surface area contributed by atoms with Crippen molar-refractivity contribution in [1.29, 1.82) is 0 Å². The fourth-order valence-electron chi connectivity index (χ4n) is 1.44. The van der Waals surface area contributed by atoms with E-state index in [9.17, 15) is 9.59 Å². The number of thiazole rings is 1. The zero-order valence-corrected chi connectivity index (χ0v) is 10.5. The van der Waals surface area contributed by atoms with Crippen LogP contribution in [0.2, 0.25) is 0 Å². The molecule has 1 heterocycles. The summed E-state index contributed by atoms with van der Waals surface area (Å²) in [7, 11) is 0. The number of fused-ring (bicyclic) bond motifs is 1. The molecule has 0 spiro atoms. The molecule has 0 fully saturated rings. The third kappa shape index (κ3) is 3.18. The number of benzene rings is 1. The lowest BCUT2D eigenvalue weighted by Crippen LogP contribution is -2.45. The van der Waals surface area contributed by atoms with Gasteiger partial charge in [0, 0.05) is 5.69 Å². The summed E-state index contributed by atoms with van der Waals surface area (Å²) in [6.07, 6.45) is 0. The van der Waals surface area contributed by atoms with E-state index >= 15 is 0 Å². The van der Waals surface area contributed by atoms with Gasteiger partial charge in [0.2, 0.25) is 0 Å². The molecule has 0 saturated carbocycles. The quantitative estimate of drug-likeness (QED) is 0.664. The van der Waals surface area contributed by atoms with E-state index in [-0.39, 0.29) is 0 Å². The number of carbonyl (C=O) groups is 2. The standard InChI is InChI=1S/C11H11N3O4S/c15-4-8(10(16)17)14-11(18)13-6-1-2-7-9(3-6)19-5-12-7/h1-3,5,8,15H,4H2,(H,16,17)(H2,13,14,18)/t8-/m0/s1. The van der Waals surface area contributed by atoms with Gasteiger partial charge in [-0.3, -0.25) is 0 Å². The largest absolute Gasteiger partial charge is 0.480 e. The summed E-state index contributed by atoms with van der Waals surface area (Å²) in [4.78, 5) is 26.3. The Bertz CT molecular complexity index is 613. The maximum absolute atomic E-state index is 11.6. The molecule has 4 N–H and O–H groups in total. The molecule has 1 aromatic heterocycles. The van der Waals surface area contributed by atoms with E-state index < -0.39 is 24.6 Å². The van der Waals surface area contributed by atoms with Gasteiger partial charge in [0.05, 0.1) is 22.3 Å². The zero-order valence-electron chi connectivity index (χ0n) is 9.66. The summed E-state index contributed by atoms with van der Waals surface area (Å²) in [5, 5.41) is 22.1. The number of aromatic nitrogens is 1. The highest BCUT2D eigenvalue weighted by Crippen LogP contribution is 2.21. The minimum absolute atomic E-state index is 0.524. The van der Waals surface area contributed by atoms with E-state index in [1.165, 1.54) is 11.3 Å². The normalized spacial score (nSPS) is 12.1. The van der Waals surface area contributed by atoms with E-state index in [2.05, 4.69) is 15.6 Å². The maximum Gasteiger partial charge on any atom is 0.328 e. The summed E-state index contributed by atoms with van der Waals surface area (Å²) >= 11 is 1.43. The van der Waals surface area contributed by atoms with Gasteiger partial charge in [0.25, 0.3) is 0 Å². The van der Waals surface area contributed by atoms with Gasteiger partial charge in [-0.1, -0.05) is 0 Å². The summed E-state index contributed by atoms with van der Waals surface area (Å²) < 4.78 is 0.912. The smallest absolute Gasteiger partial charge is 0.328 e. The van der Waals surface area contributed by atoms with E-state index in [0.717, 1.165) is 10.2 Å². The second-order valence-electron chi connectivity index (χ2n) is 3.71. The number of hydrogen-bond acceptors (Lipinski definition) is 5. The highest BCUT2D eigenvalue weighted by atomic mass is 32.1. The molecule has 0 aliphatic rings. The van der Waals surface area contributed by atoms with Crippen LogP contribution in [-0.2, 0) is 4.79 Å². The van der Waals surface area contributed by atoms with Crippen LogP contribution in [0.3, 0.4) is 0 Å². The van der Waals surface area contributed by atoms with Crippen LogP contribution in [0.4, 0.5) is 10.5 Å². The van der Waals surface area contributed by atoms with Crippen LogP contribution in [0.1, 0.15) is 0 Å². The van der Waals surface area contributed by atoms with Gasteiger partial charge in [-0.25, -0.2) is 14.6 Å². The molecule has 19 heavy (non-hydrogen) atoms. The van der Waals surface area contributed by atoms with Gasteiger partial charge in [0.1, 0.15) is 0 Å². The number of nitrogens with one attached hydrogen (secondary N) is 2. The number of aliphatic hydroxyl groups is 1. The first-order chi connectivity index (χ1) is 9.10. The SMILES string of the molecule is O=C(Nc1ccc2ncsc2c1)N[C@@H](CO)C(=O)O. The molecule has 0 bridgehead atoms. The number of carbonyl (C=O) groups excluding carboxylic acids is 1. The predicted molar refractivity (Wildman–Crippen MR) is 70.3 cm³/mol. The molecular weight excluding hydrogens is 270 g/mol. The van der Waals surface area contributed by atoms with Crippen LogP contribution in [0.25, 0.3) is 10.2 Å². The molecule has 1 aromatic carbocycles. The molecule has 100 valence electrons. The van der Waals surface area contributed by atoms with E-state index in [1.54, 1.807) is 23.7 Å². The van der Waals surface area contributed by atoms with Gasteiger partial charge in [-0.15, -0.1) is 11.3 Å². The fraction of sp³-hybridized carbons (Fsp3) is 0.182. The first kappa shape index (κ1) is 13.2. The Labute approximate surface area is 111 Å². The summed E-state index contributed by atoms with van der Waals surface area (Å²) in [5.41, 5.74) is 3.05. The number of carboxylic acids is 1. The Morgan fingerprint density at radius 1 is 1.42 bits per heavy atom. The summed E-state index contributed by atoms with van der Waals surface area (Å²) in [6.45, 7) is -0.670. The molecule has 2 aromatic rings. The van der Waals surface area contributed by atoms with Crippen molar-refractivity contribution in [1.82, 2.24) is 10.3 Å². The lowest BCUT2D eigenvalue weighted by Gasteiger charge is -2.12. The first-order valence-electron chi connectivity index (χ1n) is 5.34. The molecule has 0 radical (unpaired) electrons. The molecule has 0 unspecified atom stereocenters. The molecule has 8 heteroatoms. The molecule has 2 amide bonds. The number of hydrogen-bond donors (Lipinski definition) is 4. The Hall–Kier alpha value is -2.19. The maximum atomic E-state index is 11.6. The highest BCUT2D eigenvalue weighted by molar-refractivity contribution is 7.16. The number of aliphatic carboxylic acids is 1. The van der Waals surface area contributed by atoms with E-state index in [0.29, 0.717) is 5.69 Å². The molecule has 0 aliphatic heterocycles. The van der Waals surface area contributed by atoms with E-state index in [1.807, 2.05) is 0 Å². The Morgan fingerprint density at radius 2 is 2.21 bits per heavy atom. The lowest BCUT2D eigenvalue weighted by molar-refractivity contribution is -0.140. The molecule has 0 aliphatic carbocycles.